The van der Waals surface area contributed by atoms with Crippen molar-refractivity contribution < 1.29 is 27.8 Å². The van der Waals surface area contributed by atoms with Gasteiger partial charge in [-0.1, -0.05) is 5.92 Å². The Balaban J connectivity index is 1.65. The van der Waals surface area contributed by atoms with Crippen LogP contribution in [0.1, 0.15) is 22.3 Å². The van der Waals surface area contributed by atoms with E-state index in [1.807, 2.05) is 4.90 Å². The molecule has 1 aliphatic heterocycles. The Morgan fingerprint density at radius 3 is 2.60 bits per heavy atom. The van der Waals surface area contributed by atoms with Gasteiger partial charge in [0.2, 0.25) is 0 Å². The lowest BCUT2D eigenvalue weighted by Gasteiger charge is -2.21. The molecule has 0 aliphatic carbocycles. The fourth-order valence-corrected chi connectivity index (χ4v) is 3.82. The monoisotopic (exact) mass is 501 g/mol. The van der Waals surface area contributed by atoms with Crippen LogP contribution in [0.3, 0.4) is 0 Å². The number of nitrogens with zero attached hydrogens (tertiary/aromatic N) is 2. The summed E-state index contributed by atoms with van der Waals surface area (Å²) in [6, 6.07) is 10.9. The number of ether oxygens (including phenoxy) is 1. The molecule has 1 amide bonds. The highest BCUT2D eigenvalue weighted by Gasteiger charge is 2.28. The molecule has 1 atom stereocenters. The van der Waals surface area contributed by atoms with E-state index >= 15 is 0 Å². The van der Waals surface area contributed by atoms with E-state index in [1.54, 1.807) is 0 Å². The highest BCUT2D eigenvalue weighted by Crippen LogP contribution is 2.34. The molecular weight excluding hydrogens is 483 g/mol. The third-order valence-electron chi connectivity index (χ3n) is 5.36. The van der Waals surface area contributed by atoms with E-state index in [0.717, 1.165) is 0 Å². The van der Waals surface area contributed by atoms with E-state index in [-0.39, 0.29) is 16.9 Å². The number of hydrogen-bond donors (Lipinski definition) is 2. The van der Waals surface area contributed by atoms with Gasteiger partial charge in [0.15, 0.2) is 0 Å². The summed E-state index contributed by atoms with van der Waals surface area (Å²) in [6.45, 7) is 0.830. The summed E-state index contributed by atoms with van der Waals surface area (Å²) < 4.78 is 44.6. The summed E-state index contributed by atoms with van der Waals surface area (Å²) in [7, 11) is 0. The Labute approximate surface area is 204 Å². The van der Waals surface area contributed by atoms with Gasteiger partial charge in [0.1, 0.15) is 17.4 Å². The van der Waals surface area contributed by atoms with Crippen LogP contribution in [0.5, 0.6) is 5.75 Å². The van der Waals surface area contributed by atoms with Crippen LogP contribution in [0.2, 0.25) is 0 Å². The number of aromatic nitrogens is 1. The number of carbonyl (C=O) groups is 1. The highest BCUT2D eigenvalue weighted by atomic mass is 35.5. The van der Waals surface area contributed by atoms with E-state index in [1.165, 1.54) is 54.7 Å². The van der Waals surface area contributed by atoms with Gasteiger partial charge in [-0.15, -0.1) is 15.2 Å². The fraction of sp³-hybridized carbons (Fsp3) is 0.200. The number of halogens is 4. The molecule has 0 spiro atoms. The number of β-amino-alcohol motifs (C(OH)–C–C–N with tert-alkyl or cyclic N) is 1. The molecule has 2 aromatic carbocycles. The molecule has 0 saturated carbocycles. The van der Waals surface area contributed by atoms with Gasteiger partial charge in [0, 0.05) is 53.3 Å². The Kier molecular flexibility index (Phi) is 6.87. The summed E-state index contributed by atoms with van der Waals surface area (Å²) >= 11 is 4.75. The van der Waals surface area contributed by atoms with Crippen molar-refractivity contribution in [3.8, 4) is 29.2 Å². The van der Waals surface area contributed by atoms with Crippen molar-refractivity contribution in [3.05, 3.63) is 71.7 Å². The van der Waals surface area contributed by atoms with E-state index in [0.29, 0.717) is 42.1 Å². The number of pyridine rings is 1. The number of anilines is 2. The molecule has 180 valence electrons. The van der Waals surface area contributed by atoms with Crippen LogP contribution in [-0.4, -0.2) is 40.8 Å². The predicted octanol–water partition coefficient (Wildman–Crippen LogP) is 4.86. The summed E-state index contributed by atoms with van der Waals surface area (Å²) in [5, 5.41) is 12.6. The van der Waals surface area contributed by atoms with Gasteiger partial charge in [-0.2, -0.15) is 0 Å². The summed E-state index contributed by atoms with van der Waals surface area (Å²) in [5.74, 6) is 1.58. The number of benzene rings is 2. The normalized spacial score (nSPS) is 15.5. The fourth-order valence-electron chi connectivity index (χ4n) is 3.73. The Hall–Kier alpha value is -3.74. The highest BCUT2D eigenvalue weighted by molar-refractivity contribution is 6.20. The van der Waals surface area contributed by atoms with Crippen molar-refractivity contribution in [2.45, 2.75) is 18.1 Å². The van der Waals surface area contributed by atoms with Crippen molar-refractivity contribution >= 4 is 29.0 Å². The van der Waals surface area contributed by atoms with Gasteiger partial charge in [-0.3, -0.25) is 4.79 Å². The van der Waals surface area contributed by atoms with Crippen LogP contribution in [0.25, 0.3) is 11.1 Å². The molecule has 3 aromatic rings. The van der Waals surface area contributed by atoms with E-state index in [9.17, 15) is 23.1 Å². The first-order chi connectivity index (χ1) is 16.6. The third kappa shape index (κ3) is 5.85. The quantitative estimate of drug-likeness (QED) is 0.373. The van der Waals surface area contributed by atoms with Crippen molar-refractivity contribution in [1.29, 1.82) is 0 Å². The average Bonchev–Trinajstić information content (AvgIpc) is 3.25. The second-order valence-electron chi connectivity index (χ2n) is 7.85. The lowest BCUT2D eigenvalue weighted by atomic mass is 10.0. The van der Waals surface area contributed by atoms with E-state index in [4.69, 9.17) is 18.0 Å². The molecule has 6 nitrogen and oxygen atoms in total. The first-order valence-corrected chi connectivity index (χ1v) is 10.9. The van der Waals surface area contributed by atoms with Crippen LogP contribution in [0.4, 0.5) is 24.7 Å². The lowest BCUT2D eigenvalue weighted by Crippen LogP contribution is -2.23. The van der Waals surface area contributed by atoms with Gasteiger partial charge in [-0.25, -0.2) is 9.37 Å². The summed E-state index contributed by atoms with van der Waals surface area (Å²) in [6.07, 6.45) is 6.81. The van der Waals surface area contributed by atoms with Crippen LogP contribution >= 0.6 is 11.6 Å². The zero-order chi connectivity index (χ0) is 25.2. The second kappa shape index (κ2) is 9.86. The number of rotatable bonds is 6. The first-order valence-electron chi connectivity index (χ1n) is 10.5. The SMILES string of the molecule is C#Cc1ccc(F)c(-c2cc(C(=O)Nc3ccc(OC(F)(F)Cl)cc3)cnc2N2CC[C@@H](O)C2)c1. The number of aliphatic hydroxyl groups is 1. The van der Waals surface area contributed by atoms with Crippen LogP contribution in [-0.2, 0) is 0 Å². The van der Waals surface area contributed by atoms with Crippen LogP contribution < -0.4 is 15.0 Å². The maximum atomic E-state index is 14.8. The molecule has 10 heteroatoms. The van der Waals surface area contributed by atoms with Crippen molar-refractivity contribution in [3.63, 3.8) is 0 Å². The first kappa shape index (κ1) is 24.4. The van der Waals surface area contributed by atoms with E-state index < -0.39 is 23.4 Å². The van der Waals surface area contributed by atoms with Gasteiger partial charge < -0.3 is 20.1 Å². The zero-order valence-corrected chi connectivity index (χ0v) is 18.9. The molecule has 0 radical (unpaired) electrons. The Bertz CT molecular complexity index is 1290. The molecular formula is C25H19ClF3N3O3. The lowest BCUT2D eigenvalue weighted by molar-refractivity contribution is -0.0964. The smallest absolute Gasteiger partial charge is 0.420 e. The van der Waals surface area contributed by atoms with Crippen LogP contribution in [0, 0.1) is 18.2 Å². The number of terminal acetylenes is 1. The molecule has 35 heavy (non-hydrogen) atoms. The maximum absolute atomic E-state index is 14.8. The molecule has 1 aliphatic rings. The molecule has 4 rings (SSSR count). The Morgan fingerprint density at radius 2 is 1.97 bits per heavy atom. The predicted molar refractivity (Wildman–Crippen MR) is 126 cm³/mol. The van der Waals surface area contributed by atoms with Crippen molar-refractivity contribution in [2.75, 3.05) is 23.3 Å². The van der Waals surface area contributed by atoms with E-state index in [2.05, 4.69) is 21.0 Å². The van der Waals surface area contributed by atoms with Gasteiger partial charge in [0.05, 0.1) is 11.7 Å². The molecule has 1 saturated heterocycles. The van der Waals surface area contributed by atoms with Crippen molar-refractivity contribution in [1.82, 2.24) is 4.98 Å². The Morgan fingerprint density at radius 1 is 1.23 bits per heavy atom. The molecule has 2 N–H and O–H groups in total. The van der Waals surface area contributed by atoms with Crippen LogP contribution in [0.15, 0.2) is 54.7 Å². The molecule has 0 unspecified atom stereocenters. The number of amides is 1. The molecule has 1 fully saturated rings. The largest absolute Gasteiger partial charge is 0.487 e. The minimum absolute atomic E-state index is 0.127. The zero-order valence-electron chi connectivity index (χ0n) is 18.1. The molecule has 2 heterocycles. The van der Waals surface area contributed by atoms with Gasteiger partial charge in [0.25, 0.3) is 5.91 Å². The number of hydrogen-bond acceptors (Lipinski definition) is 5. The molecule has 0 bridgehead atoms. The summed E-state index contributed by atoms with van der Waals surface area (Å²) in [4.78, 5) is 19.1. The van der Waals surface area contributed by atoms with Crippen molar-refractivity contribution in [2.24, 2.45) is 0 Å². The standard InChI is InChI=1S/C25H19ClF3N3O3/c1-2-15-3-8-22(27)20(11-15)21-12-16(13-30-23(21)32-10-9-18(33)14-32)24(34)31-17-4-6-19(7-5-17)35-25(26,28)29/h1,3-8,11-13,18,33H,9-10,14H2,(H,31,34)/t18-/m1/s1. The number of aliphatic hydroxyl groups excluding tert-OH is 1. The topological polar surface area (TPSA) is 74.7 Å². The third-order valence-corrected chi connectivity index (χ3v) is 5.44. The number of carbonyl (C=O) groups excluding carboxylic acids is 1. The minimum Gasteiger partial charge on any atom is -0.420 e. The van der Waals surface area contributed by atoms with Gasteiger partial charge >= 0.3 is 5.57 Å². The maximum Gasteiger partial charge on any atom is 0.487 e. The average molecular weight is 502 g/mol. The number of alkyl halides is 3. The number of nitrogens with one attached hydrogen (secondary N) is 1. The summed E-state index contributed by atoms with van der Waals surface area (Å²) in [5.41, 5.74) is -2.47. The van der Waals surface area contributed by atoms with Gasteiger partial charge in [-0.05, 0) is 55.0 Å². The molecule has 1 aromatic heterocycles. The second-order valence-corrected chi connectivity index (χ2v) is 8.29. The minimum atomic E-state index is -3.86.